The molecule has 0 aliphatic rings. The Morgan fingerprint density at radius 3 is 2.79 bits per heavy atom. The summed E-state index contributed by atoms with van der Waals surface area (Å²) in [6.07, 6.45) is -0.340. The fourth-order valence-electron chi connectivity index (χ4n) is 1.41. The van der Waals surface area contributed by atoms with Crippen molar-refractivity contribution in [1.29, 1.82) is 0 Å². The fraction of sp³-hybridized carbons (Fsp3) is 0.333. The highest BCUT2D eigenvalue weighted by molar-refractivity contribution is 5.83. The number of nitro benzene ring substituents is 1. The van der Waals surface area contributed by atoms with Gasteiger partial charge in [-0.15, -0.1) is 0 Å². The highest BCUT2D eigenvalue weighted by Crippen LogP contribution is 2.23. The van der Waals surface area contributed by atoms with E-state index in [0.717, 1.165) is 6.07 Å². The van der Waals surface area contributed by atoms with Crippen molar-refractivity contribution in [3.05, 3.63) is 33.9 Å². The van der Waals surface area contributed by atoms with Crippen LogP contribution in [0.15, 0.2) is 18.2 Å². The average Bonchev–Trinajstić information content (AvgIpc) is 2.39. The molecule has 0 heterocycles. The molecule has 1 N–H and O–H groups in total. The molecule has 1 aromatic carbocycles. The van der Waals surface area contributed by atoms with Crippen LogP contribution in [0.1, 0.15) is 24.2 Å². The molecule has 1 amide bonds. The summed E-state index contributed by atoms with van der Waals surface area (Å²) in [5, 5.41) is 13.2. The van der Waals surface area contributed by atoms with Gasteiger partial charge in [0.2, 0.25) is 0 Å². The van der Waals surface area contributed by atoms with Crippen molar-refractivity contribution in [2.75, 3.05) is 6.54 Å². The molecule has 0 saturated heterocycles. The number of amides is 1. The predicted molar refractivity (Wildman–Crippen MR) is 67.3 cm³/mol. The quantitative estimate of drug-likeness (QED) is 0.475. The molecule has 1 atom stereocenters. The van der Waals surface area contributed by atoms with E-state index in [1.807, 2.05) is 0 Å². The highest BCUT2D eigenvalue weighted by atomic mass is 16.6. The zero-order chi connectivity index (χ0) is 14.4. The lowest BCUT2D eigenvalue weighted by Crippen LogP contribution is -2.36. The van der Waals surface area contributed by atoms with Crippen LogP contribution in [-0.2, 0) is 4.79 Å². The molecule has 7 heteroatoms. The number of rotatable bonds is 6. The van der Waals surface area contributed by atoms with E-state index >= 15 is 0 Å². The Hall–Kier alpha value is -2.44. The molecule has 19 heavy (non-hydrogen) atoms. The lowest BCUT2D eigenvalue weighted by molar-refractivity contribution is -0.384. The molecule has 1 rings (SSSR count). The van der Waals surface area contributed by atoms with E-state index in [9.17, 15) is 19.7 Å². The van der Waals surface area contributed by atoms with Gasteiger partial charge in [0.1, 0.15) is 5.75 Å². The SMILES string of the molecule is CCNC(=O)C(C)Oc1ccc([N+](=O)[O-])cc1C=O. The van der Waals surface area contributed by atoms with E-state index < -0.39 is 11.0 Å². The van der Waals surface area contributed by atoms with E-state index in [2.05, 4.69) is 5.32 Å². The van der Waals surface area contributed by atoms with Crippen LogP contribution in [-0.4, -0.2) is 29.8 Å². The highest BCUT2D eigenvalue weighted by Gasteiger charge is 2.17. The molecule has 102 valence electrons. The van der Waals surface area contributed by atoms with Crippen molar-refractivity contribution >= 4 is 17.9 Å². The van der Waals surface area contributed by atoms with E-state index in [4.69, 9.17) is 4.74 Å². The largest absolute Gasteiger partial charge is 0.480 e. The molecule has 7 nitrogen and oxygen atoms in total. The number of ether oxygens (including phenoxy) is 1. The van der Waals surface area contributed by atoms with Crippen molar-refractivity contribution in [2.45, 2.75) is 20.0 Å². The second-order valence-electron chi connectivity index (χ2n) is 3.75. The van der Waals surface area contributed by atoms with Crippen LogP contribution in [0.4, 0.5) is 5.69 Å². The monoisotopic (exact) mass is 266 g/mol. The molecule has 0 aliphatic carbocycles. The lowest BCUT2D eigenvalue weighted by Gasteiger charge is -2.15. The standard InChI is InChI=1S/C12H14N2O5/c1-3-13-12(16)8(2)19-11-5-4-10(14(17)18)6-9(11)7-15/h4-8H,3H2,1-2H3,(H,13,16). The zero-order valence-corrected chi connectivity index (χ0v) is 10.6. The van der Waals surface area contributed by atoms with Crippen LogP contribution in [0.3, 0.4) is 0 Å². The number of nitrogens with zero attached hydrogens (tertiary/aromatic N) is 1. The Labute approximate surface area is 109 Å². The molecule has 0 spiro atoms. The number of benzene rings is 1. The maximum absolute atomic E-state index is 11.5. The van der Waals surface area contributed by atoms with E-state index in [1.165, 1.54) is 19.1 Å². The molecule has 1 unspecified atom stereocenters. The minimum absolute atomic E-state index is 0.0327. The molecule has 0 aliphatic heterocycles. The Kier molecular flexibility index (Phi) is 4.99. The van der Waals surface area contributed by atoms with Crippen LogP contribution in [0, 0.1) is 10.1 Å². The first-order valence-electron chi connectivity index (χ1n) is 5.67. The minimum atomic E-state index is -0.792. The summed E-state index contributed by atoms with van der Waals surface area (Å²) in [5.41, 5.74) is -0.175. The number of hydrogen-bond acceptors (Lipinski definition) is 5. The molecule has 0 radical (unpaired) electrons. The zero-order valence-electron chi connectivity index (χ0n) is 10.6. The van der Waals surface area contributed by atoms with Gasteiger partial charge < -0.3 is 10.1 Å². The average molecular weight is 266 g/mol. The second-order valence-corrected chi connectivity index (χ2v) is 3.75. The van der Waals surface area contributed by atoms with Gasteiger partial charge in [0.05, 0.1) is 10.5 Å². The summed E-state index contributed by atoms with van der Waals surface area (Å²) >= 11 is 0. The van der Waals surface area contributed by atoms with Crippen LogP contribution in [0.2, 0.25) is 0 Å². The van der Waals surface area contributed by atoms with Crippen LogP contribution < -0.4 is 10.1 Å². The smallest absolute Gasteiger partial charge is 0.270 e. The summed E-state index contributed by atoms with van der Waals surface area (Å²) in [7, 11) is 0. The number of carbonyl (C=O) groups excluding carboxylic acids is 2. The third kappa shape index (κ3) is 3.77. The number of carbonyl (C=O) groups is 2. The van der Waals surface area contributed by atoms with Gasteiger partial charge in [-0.3, -0.25) is 19.7 Å². The van der Waals surface area contributed by atoms with Crippen LogP contribution >= 0.6 is 0 Å². The maximum Gasteiger partial charge on any atom is 0.270 e. The number of nitrogens with one attached hydrogen (secondary N) is 1. The van der Waals surface area contributed by atoms with Crippen molar-refractivity contribution < 1.29 is 19.2 Å². The van der Waals surface area contributed by atoms with Crippen LogP contribution in [0.25, 0.3) is 0 Å². The van der Waals surface area contributed by atoms with E-state index in [-0.39, 0.29) is 22.9 Å². The first kappa shape index (κ1) is 14.6. The summed E-state index contributed by atoms with van der Waals surface area (Å²) in [5.74, 6) is -0.183. The van der Waals surface area contributed by atoms with Gasteiger partial charge in [-0.1, -0.05) is 0 Å². The van der Waals surface area contributed by atoms with Gasteiger partial charge in [-0.2, -0.15) is 0 Å². The van der Waals surface area contributed by atoms with Crippen molar-refractivity contribution in [3.8, 4) is 5.75 Å². The van der Waals surface area contributed by atoms with Gasteiger partial charge in [-0.05, 0) is 19.9 Å². The lowest BCUT2D eigenvalue weighted by atomic mass is 10.2. The van der Waals surface area contributed by atoms with Gasteiger partial charge in [0.15, 0.2) is 12.4 Å². The topological polar surface area (TPSA) is 98.5 Å². The number of nitro groups is 1. The molecule has 0 aromatic heterocycles. The number of likely N-dealkylation sites (N-methyl/N-ethyl adjacent to an activating group) is 1. The summed E-state index contributed by atoms with van der Waals surface area (Å²) < 4.78 is 5.32. The minimum Gasteiger partial charge on any atom is -0.480 e. The van der Waals surface area contributed by atoms with Gasteiger partial charge in [0.25, 0.3) is 11.6 Å². The normalized spacial score (nSPS) is 11.5. The van der Waals surface area contributed by atoms with Crippen LogP contribution in [0.5, 0.6) is 5.75 Å². The van der Waals surface area contributed by atoms with Crippen molar-refractivity contribution in [3.63, 3.8) is 0 Å². The Bertz CT molecular complexity index is 501. The molecular weight excluding hydrogens is 252 g/mol. The third-order valence-electron chi connectivity index (χ3n) is 2.36. The Morgan fingerprint density at radius 1 is 1.58 bits per heavy atom. The maximum atomic E-state index is 11.5. The molecular formula is C12H14N2O5. The fourth-order valence-corrected chi connectivity index (χ4v) is 1.41. The molecule has 1 aromatic rings. The predicted octanol–water partition coefficient (Wildman–Crippen LogP) is 1.31. The first-order valence-corrected chi connectivity index (χ1v) is 5.67. The van der Waals surface area contributed by atoms with Gasteiger partial charge >= 0.3 is 0 Å². The van der Waals surface area contributed by atoms with Crippen molar-refractivity contribution in [2.24, 2.45) is 0 Å². The van der Waals surface area contributed by atoms with E-state index in [0.29, 0.717) is 12.8 Å². The molecule has 0 fully saturated rings. The second kappa shape index (κ2) is 6.48. The number of non-ortho nitro benzene ring substituents is 1. The van der Waals surface area contributed by atoms with E-state index in [1.54, 1.807) is 6.92 Å². The molecule has 0 saturated carbocycles. The Balaban J connectivity index is 2.92. The van der Waals surface area contributed by atoms with Crippen molar-refractivity contribution in [1.82, 2.24) is 5.32 Å². The van der Waals surface area contributed by atoms with Gasteiger partial charge in [0, 0.05) is 18.7 Å². The number of aldehydes is 1. The Morgan fingerprint density at radius 2 is 2.26 bits per heavy atom. The number of hydrogen-bond donors (Lipinski definition) is 1. The molecule has 0 bridgehead atoms. The first-order chi connectivity index (χ1) is 8.99. The summed E-state index contributed by atoms with van der Waals surface area (Å²) in [6, 6.07) is 3.62. The third-order valence-corrected chi connectivity index (χ3v) is 2.36. The van der Waals surface area contributed by atoms with Gasteiger partial charge in [-0.25, -0.2) is 0 Å². The summed E-state index contributed by atoms with van der Waals surface area (Å²) in [6.45, 7) is 3.77. The summed E-state index contributed by atoms with van der Waals surface area (Å²) in [4.78, 5) is 32.3.